The minimum absolute atomic E-state index is 0.0517. The molecule has 156 valence electrons. The smallest absolute Gasteiger partial charge is 0.340 e. The standard InChI is InChI=1S/C22H24FN5O2/c1-12(2)18-17(21(29)30-5)16(13-6-8-14(23)9-7-13)15-10-11-22(3,4)28-20(19(15)24-18)25-26-27-28/h6-9,12H,10-11H2,1-5H3. The highest BCUT2D eigenvalue weighted by molar-refractivity contribution is 6.00. The SMILES string of the molecule is COC(=O)c1c(C(C)C)nc2c(c1-c1ccc(F)cc1)CCC(C)(C)n1nnnc1-2. The Morgan fingerprint density at radius 3 is 2.57 bits per heavy atom. The number of aromatic nitrogens is 5. The van der Waals surface area contributed by atoms with Gasteiger partial charge < -0.3 is 4.74 Å². The number of ether oxygens (including phenoxy) is 1. The maximum absolute atomic E-state index is 13.7. The molecule has 0 aliphatic carbocycles. The number of carbonyl (C=O) groups excluding carboxylic acids is 1. The number of methoxy groups -OCH3 is 1. The topological polar surface area (TPSA) is 82.8 Å². The second-order valence-corrected chi connectivity index (χ2v) is 8.45. The van der Waals surface area contributed by atoms with E-state index in [1.165, 1.54) is 19.2 Å². The molecule has 4 rings (SSSR count). The molecule has 0 radical (unpaired) electrons. The van der Waals surface area contributed by atoms with Crippen LogP contribution in [0.25, 0.3) is 22.6 Å². The third-order valence-electron chi connectivity index (χ3n) is 5.64. The highest BCUT2D eigenvalue weighted by atomic mass is 19.1. The maximum atomic E-state index is 13.7. The first kappa shape index (κ1) is 20.1. The molecule has 1 aromatic carbocycles. The van der Waals surface area contributed by atoms with E-state index < -0.39 is 5.97 Å². The molecule has 0 saturated carbocycles. The zero-order valence-corrected chi connectivity index (χ0v) is 17.7. The van der Waals surface area contributed by atoms with Crippen LogP contribution in [0.4, 0.5) is 4.39 Å². The summed E-state index contributed by atoms with van der Waals surface area (Å²) >= 11 is 0. The Balaban J connectivity index is 2.14. The summed E-state index contributed by atoms with van der Waals surface area (Å²) < 4.78 is 20.6. The normalized spacial score (nSPS) is 14.8. The molecule has 30 heavy (non-hydrogen) atoms. The quantitative estimate of drug-likeness (QED) is 0.605. The van der Waals surface area contributed by atoms with Crippen LogP contribution in [-0.2, 0) is 16.7 Å². The van der Waals surface area contributed by atoms with Crippen LogP contribution in [0.15, 0.2) is 24.3 Å². The van der Waals surface area contributed by atoms with Crippen molar-refractivity contribution >= 4 is 5.97 Å². The van der Waals surface area contributed by atoms with Crippen LogP contribution >= 0.6 is 0 Å². The summed E-state index contributed by atoms with van der Waals surface area (Å²) in [4.78, 5) is 17.8. The van der Waals surface area contributed by atoms with Crippen LogP contribution in [0, 0.1) is 5.82 Å². The highest BCUT2D eigenvalue weighted by Crippen LogP contribution is 2.42. The van der Waals surface area contributed by atoms with Crippen LogP contribution in [0.2, 0.25) is 0 Å². The van der Waals surface area contributed by atoms with E-state index in [9.17, 15) is 9.18 Å². The molecule has 8 heteroatoms. The number of hydrogen-bond acceptors (Lipinski definition) is 6. The first-order valence-electron chi connectivity index (χ1n) is 9.95. The van der Waals surface area contributed by atoms with Gasteiger partial charge in [0.1, 0.15) is 11.5 Å². The van der Waals surface area contributed by atoms with Crippen molar-refractivity contribution in [3.63, 3.8) is 0 Å². The average molecular weight is 409 g/mol. The monoisotopic (exact) mass is 409 g/mol. The number of tetrazole rings is 1. The van der Waals surface area contributed by atoms with Crippen molar-refractivity contribution in [3.05, 3.63) is 46.9 Å². The van der Waals surface area contributed by atoms with Gasteiger partial charge in [0.05, 0.1) is 23.9 Å². The van der Waals surface area contributed by atoms with Crippen molar-refractivity contribution in [2.24, 2.45) is 0 Å². The van der Waals surface area contributed by atoms with E-state index in [0.717, 1.165) is 17.5 Å². The summed E-state index contributed by atoms with van der Waals surface area (Å²) in [5, 5.41) is 12.3. The van der Waals surface area contributed by atoms with Crippen molar-refractivity contribution in [2.45, 2.75) is 52.0 Å². The summed E-state index contributed by atoms with van der Waals surface area (Å²) in [5.41, 5.74) is 3.65. The third kappa shape index (κ3) is 3.16. The fraction of sp³-hybridized carbons (Fsp3) is 0.409. The molecule has 7 nitrogen and oxygen atoms in total. The van der Waals surface area contributed by atoms with Crippen LogP contribution < -0.4 is 0 Å². The molecule has 3 heterocycles. The van der Waals surface area contributed by atoms with Crippen LogP contribution in [0.1, 0.15) is 61.6 Å². The van der Waals surface area contributed by atoms with Gasteiger partial charge in [-0.05, 0) is 66.3 Å². The number of benzene rings is 1. The average Bonchev–Trinajstić information content (AvgIpc) is 3.18. The molecule has 0 N–H and O–H groups in total. The van der Waals surface area contributed by atoms with Gasteiger partial charge in [0.15, 0.2) is 0 Å². The lowest BCUT2D eigenvalue weighted by atomic mass is 9.86. The molecular formula is C22H24FN5O2. The lowest BCUT2D eigenvalue weighted by Gasteiger charge is -2.23. The van der Waals surface area contributed by atoms with E-state index in [2.05, 4.69) is 29.4 Å². The Bertz CT molecular complexity index is 1120. The summed E-state index contributed by atoms with van der Waals surface area (Å²) in [7, 11) is 1.36. The second kappa shape index (κ2) is 7.27. The zero-order valence-electron chi connectivity index (χ0n) is 17.7. The minimum atomic E-state index is -0.462. The van der Waals surface area contributed by atoms with E-state index >= 15 is 0 Å². The van der Waals surface area contributed by atoms with Crippen molar-refractivity contribution in [1.29, 1.82) is 0 Å². The number of pyridine rings is 1. The highest BCUT2D eigenvalue weighted by Gasteiger charge is 2.35. The van der Waals surface area contributed by atoms with Gasteiger partial charge in [0, 0.05) is 5.56 Å². The van der Waals surface area contributed by atoms with Gasteiger partial charge in [-0.25, -0.2) is 18.9 Å². The van der Waals surface area contributed by atoms with E-state index in [4.69, 9.17) is 9.72 Å². The first-order valence-corrected chi connectivity index (χ1v) is 9.95. The molecular weight excluding hydrogens is 385 g/mol. The summed E-state index contributed by atoms with van der Waals surface area (Å²) in [6.07, 6.45) is 1.39. The van der Waals surface area contributed by atoms with Gasteiger partial charge in [-0.15, -0.1) is 5.10 Å². The number of carbonyl (C=O) groups is 1. The molecule has 0 atom stereocenters. The largest absolute Gasteiger partial charge is 0.465 e. The van der Waals surface area contributed by atoms with Gasteiger partial charge >= 0.3 is 5.97 Å². The molecule has 1 aliphatic heterocycles. The second-order valence-electron chi connectivity index (χ2n) is 8.45. The number of hydrogen-bond donors (Lipinski definition) is 0. The molecule has 2 aromatic heterocycles. The number of rotatable bonds is 3. The molecule has 0 spiro atoms. The van der Waals surface area contributed by atoms with Crippen LogP contribution in [0.3, 0.4) is 0 Å². The molecule has 0 bridgehead atoms. The van der Waals surface area contributed by atoms with Crippen molar-refractivity contribution in [3.8, 4) is 22.6 Å². The zero-order chi connectivity index (χ0) is 21.6. The van der Waals surface area contributed by atoms with Gasteiger partial charge in [-0.1, -0.05) is 26.0 Å². The number of esters is 1. The predicted octanol–water partition coefficient (Wildman–Crippen LogP) is 4.13. The Labute approximate surface area is 174 Å². The van der Waals surface area contributed by atoms with E-state index in [1.807, 2.05) is 13.8 Å². The van der Waals surface area contributed by atoms with E-state index in [0.29, 0.717) is 34.8 Å². The first-order chi connectivity index (χ1) is 14.2. The fourth-order valence-electron chi connectivity index (χ4n) is 4.01. The number of nitrogens with zero attached hydrogens (tertiary/aromatic N) is 5. The summed E-state index contributed by atoms with van der Waals surface area (Å²) in [6, 6.07) is 6.15. The maximum Gasteiger partial charge on any atom is 0.340 e. The number of fused-ring (bicyclic) bond motifs is 3. The predicted molar refractivity (Wildman–Crippen MR) is 110 cm³/mol. The molecule has 0 amide bonds. The number of halogens is 1. The van der Waals surface area contributed by atoms with E-state index in [1.54, 1.807) is 16.8 Å². The Kier molecular flexibility index (Phi) is 4.88. The lowest BCUT2D eigenvalue weighted by Crippen LogP contribution is -2.27. The van der Waals surface area contributed by atoms with Crippen molar-refractivity contribution in [1.82, 2.24) is 25.2 Å². The molecule has 0 saturated heterocycles. The molecule has 1 aliphatic rings. The van der Waals surface area contributed by atoms with Gasteiger partial charge in [-0.3, -0.25) is 0 Å². The lowest BCUT2D eigenvalue weighted by molar-refractivity contribution is 0.0599. The Hall–Kier alpha value is -3.16. The molecule has 3 aromatic rings. The molecule has 0 unspecified atom stereocenters. The molecule has 0 fully saturated rings. The van der Waals surface area contributed by atoms with Gasteiger partial charge in [0.2, 0.25) is 5.82 Å². The fourth-order valence-corrected chi connectivity index (χ4v) is 4.01. The van der Waals surface area contributed by atoms with Crippen LogP contribution in [0.5, 0.6) is 0 Å². The van der Waals surface area contributed by atoms with E-state index in [-0.39, 0.29) is 17.3 Å². The summed E-state index contributed by atoms with van der Waals surface area (Å²) in [6.45, 7) is 8.08. The third-order valence-corrected chi connectivity index (χ3v) is 5.64. The van der Waals surface area contributed by atoms with Crippen molar-refractivity contribution in [2.75, 3.05) is 7.11 Å². The Morgan fingerprint density at radius 2 is 1.93 bits per heavy atom. The van der Waals surface area contributed by atoms with Crippen molar-refractivity contribution < 1.29 is 13.9 Å². The van der Waals surface area contributed by atoms with Crippen LogP contribution in [-0.4, -0.2) is 38.3 Å². The Morgan fingerprint density at radius 1 is 1.23 bits per heavy atom. The van der Waals surface area contributed by atoms with Gasteiger partial charge in [0.25, 0.3) is 0 Å². The minimum Gasteiger partial charge on any atom is -0.465 e. The summed E-state index contributed by atoms with van der Waals surface area (Å²) in [5.74, 6) is -0.289. The van der Waals surface area contributed by atoms with Gasteiger partial charge in [-0.2, -0.15) is 0 Å².